The highest BCUT2D eigenvalue weighted by Gasteiger charge is 2.22. The molecule has 2 N–H and O–H groups in total. The first-order valence-corrected chi connectivity index (χ1v) is 11.9. The standard InChI is InChI=1S/C24H34N6O2/c1-18(31)27-20-8-5-9-21(16-20)28-23-25-17-26-24(29-23)30-13-10-22(11-14-30)32-15-12-19-6-3-2-4-7-19/h5,8-9,16-17,19,22H,2-4,6-7,10-15H2,1H3,(H,27,31)(H,25,26,28,29). The minimum absolute atomic E-state index is 0.106. The molecule has 2 heterocycles. The first-order valence-electron chi connectivity index (χ1n) is 11.9. The summed E-state index contributed by atoms with van der Waals surface area (Å²) in [4.78, 5) is 26.7. The third-order valence-electron chi connectivity index (χ3n) is 6.33. The van der Waals surface area contributed by atoms with Crippen LogP contribution in [0, 0.1) is 5.92 Å². The lowest BCUT2D eigenvalue weighted by Crippen LogP contribution is -2.38. The molecule has 0 radical (unpaired) electrons. The Morgan fingerprint density at radius 1 is 1.09 bits per heavy atom. The third-order valence-corrected chi connectivity index (χ3v) is 6.33. The Labute approximate surface area is 190 Å². The topological polar surface area (TPSA) is 92.3 Å². The van der Waals surface area contributed by atoms with Gasteiger partial charge in [-0.25, -0.2) is 9.97 Å². The van der Waals surface area contributed by atoms with Gasteiger partial charge in [0.1, 0.15) is 6.33 Å². The van der Waals surface area contributed by atoms with Crippen molar-refractivity contribution in [3.05, 3.63) is 30.6 Å². The second-order valence-corrected chi connectivity index (χ2v) is 8.85. The summed E-state index contributed by atoms with van der Waals surface area (Å²) in [6.07, 6.45) is 12.1. The number of hydrogen-bond donors (Lipinski definition) is 2. The number of benzene rings is 1. The van der Waals surface area contributed by atoms with Crippen LogP contribution >= 0.6 is 0 Å². The summed E-state index contributed by atoms with van der Waals surface area (Å²) >= 11 is 0. The van der Waals surface area contributed by atoms with E-state index in [1.165, 1.54) is 51.8 Å². The second-order valence-electron chi connectivity index (χ2n) is 8.85. The molecule has 172 valence electrons. The number of nitrogens with one attached hydrogen (secondary N) is 2. The first kappa shape index (κ1) is 22.5. The highest BCUT2D eigenvalue weighted by Crippen LogP contribution is 2.27. The summed E-state index contributed by atoms with van der Waals surface area (Å²) < 4.78 is 6.19. The number of anilines is 4. The van der Waals surface area contributed by atoms with E-state index in [1.807, 2.05) is 24.3 Å². The summed E-state index contributed by atoms with van der Waals surface area (Å²) in [7, 11) is 0. The van der Waals surface area contributed by atoms with Gasteiger partial charge in [0, 0.05) is 38.0 Å². The number of nitrogens with zero attached hydrogens (tertiary/aromatic N) is 4. The molecule has 32 heavy (non-hydrogen) atoms. The lowest BCUT2D eigenvalue weighted by atomic mass is 9.87. The molecule has 2 aromatic rings. The lowest BCUT2D eigenvalue weighted by Gasteiger charge is -2.32. The Hall–Kier alpha value is -2.74. The van der Waals surface area contributed by atoms with Gasteiger partial charge in [-0.2, -0.15) is 4.98 Å². The summed E-state index contributed by atoms with van der Waals surface area (Å²) in [5, 5.41) is 5.98. The van der Waals surface area contributed by atoms with E-state index < -0.39 is 0 Å². The average Bonchev–Trinajstić information content (AvgIpc) is 2.80. The smallest absolute Gasteiger partial charge is 0.231 e. The number of aromatic nitrogens is 3. The van der Waals surface area contributed by atoms with Crippen LogP contribution in [0.2, 0.25) is 0 Å². The monoisotopic (exact) mass is 438 g/mol. The quantitative estimate of drug-likeness (QED) is 0.625. The van der Waals surface area contributed by atoms with Crippen LogP contribution in [-0.2, 0) is 9.53 Å². The summed E-state index contributed by atoms with van der Waals surface area (Å²) in [5.41, 5.74) is 1.53. The van der Waals surface area contributed by atoms with E-state index in [1.54, 1.807) is 0 Å². The molecule has 2 aliphatic rings. The largest absolute Gasteiger partial charge is 0.378 e. The maximum atomic E-state index is 11.3. The van der Waals surface area contributed by atoms with Crippen LogP contribution in [0.3, 0.4) is 0 Å². The molecule has 8 heteroatoms. The van der Waals surface area contributed by atoms with Crippen molar-refractivity contribution in [2.75, 3.05) is 35.2 Å². The normalized spacial score (nSPS) is 17.8. The van der Waals surface area contributed by atoms with Gasteiger partial charge in [-0.3, -0.25) is 4.79 Å². The van der Waals surface area contributed by atoms with Gasteiger partial charge in [0.05, 0.1) is 6.10 Å². The Bertz CT molecular complexity index is 878. The second kappa shape index (κ2) is 11.2. The molecule has 1 aromatic carbocycles. The van der Waals surface area contributed by atoms with Crippen molar-refractivity contribution in [2.45, 2.75) is 64.4 Å². The lowest BCUT2D eigenvalue weighted by molar-refractivity contribution is -0.114. The third kappa shape index (κ3) is 6.63. The van der Waals surface area contributed by atoms with Crippen LogP contribution < -0.4 is 15.5 Å². The number of carbonyl (C=O) groups is 1. The van der Waals surface area contributed by atoms with Crippen molar-refractivity contribution < 1.29 is 9.53 Å². The van der Waals surface area contributed by atoms with Gasteiger partial charge in [0.15, 0.2) is 0 Å². The van der Waals surface area contributed by atoms with Gasteiger partial charge in [-0.05, 0) is 43.4 Å². The van der Waals surface area contributed by atoms with E-state index in [-0.39, 0.29) is 5.91 Å². The van der Waals surface area contributed by atoms with Gasteiger partial charge in [-0.1, -0.05) is 38.2 Å². The van der Waals surface area contributed by atoms with Crippen LogP contribution in [0.4, 0.5) is 23.3 Å². The molecular weight excluding hydrogens is 404 g/mol. The fourth-order valence-corrected chi connectivity index (χ4v) is 4.61. The molecule has 0 spiro atoms. The highest BCUT2D eigenvalue weighted by atomic mass is 16.5. The van der Waals surface area contributed by atoms with Crippen molar-refractivity contribution in [1.29, 1.82) is 0 Å². The zero-order valence-electron chi connectivity index (χ0n) is 18.9. The van der Waals surface area contributed by atoms with Gasteiger partial charge < -0.3 is 20.3 Å². The molecule has 4 rings (SSSR count). The highest BCUT2D eigenvalue weighted by molar-refractivity contribution is 5.89. The summed E-state index contributed by atoms with van der Waals surface area (Å²) in [5.74, 6) is 1.94. The van der Waals surface area contributed by atoms with Gasteiger partial charge >= 0.3 is 0 Å². The number of rotatable bonds is 8. The summed E-state index contributed by atoms with van der Waals surface area (Å²) in [6, 6.07) is 7.47. The van der Waals surface area contributed by atoms with Crippen LogP contribution in [-0.4, -0.2) is 46.7 Å². The number of amides is 1. The van der Waals surface area contributed by atoms with Gasteiger partial charge in [-0.15, -0.1) is 0 Å². The van der Waals surface area contributed by atoms with E-state index in [9.17, 15) is 4.79 Å². The molecule has 8 nitrogen and oxygen atoms in total. The van der Waals surface area contributed by atoms with E-state index in [2.05, 4.69) is 30.5 Å². The SMILES string of the molecule is CC(=O)Nc1cccc(Nc2ncnc(N3CCC(OCCC4CCCCC4)CC3)n2)c1. The zero-order valence-corrected chi connectivity index (χ0v) is 18.9. The predicted octanol–water partition coefficient (Wildman–Crippen LogP) is 4.53. The molecule has 1 aliphatic carbocycles. The zero-order chi connectivity index (χ0) is 22.2. The molecule has 1 saturated carbocycles. The molecule has 1 aliphatic heterocycles. The van der Waals surface area contributed by atoms with Crippen molar-refractivity contribution in [1.82, 2.24) is 15.0 Å². The van der Waals surface area contributed by atoms with Crippen molar-refractivity contribution >= 4 is 29.2 Å². The molecule has 0 unspecified atom stereocenters. The number of ether oxygens (including phenoxy) is 1. The fourth-order valence-electron chi connectivity index (χ4n) is 4.61. The van der Waals surface area contributed by atoms with E-state index in [4.69, 9.17) is 4.74 Å². The molecule has 1 amide bonds. The Balaban J connectivity index is 1.25. The van der Waals surface area contributed by atoms with E-state index in [0.29, 0.717) is 18.0 Å². The van der Waals surface area contributed by atoms with Crippen molar-refractivity contribution in [3.8, 4) is 0 Å². The maximum Gasteiger partial charge on any atom is 0.231 e. The fraction of sp³-hybridized carbons (Fsp3) is 0.583. The van der Waals surface area contributed by atoms with E-state index in [0.717, 1.165) is 49.8 Å². The van der Waals surface area contributed by atoms with Crippen LogP contribution in [0.1, 0.15) is 58.3 Å². The number of piperidine rings is 1. The summed E-state index contributed by atoms with van der Waals surface area (Å²) in [6.45, 7) is 4.15. The minimum atomic E-state index is -0.106. The maximum absolute atomic E-state index is 11.3. The predicted molar refractivity (Wildman–Crippen MR) is 126 cm³/mol. The van der Waals surface area contributed by atoms with Crippen molar-refractivity contribution in [3.63, 3.8) is 0 Å². The Morgan fingerprint density at radius 2 is 1.88 bits per heavy atom. The van der Waals surface area contributed by atoms with Crippen LogP contribution in [0.5, 0.6) is 0 Å². The molecule has 2 fully saturated rings. The first-order chi connectivity index (χ1) is 15.7. The van der Waals surface area contributed by atoms with Gasteiger partial charge in [0.25, 0.3) is 0 Å². The minimum Gasteiger partial charge on any atom is -0.378 e. The molecule has 0 bridgehead atoms. The number of carbonyl (C=O) groups excluding carboxylic acids is 1. The Kier molecular flexibility index (Phi) is 7.87. The average molecular weight is 439 g/mol. The van der Waals surface area contributed by atoms with E-state index >= 15 is 0 Å². The number of hydrogen-bond acceptors (Lipinski definition) is 7. The van der Waals surface area contributed by atoms with Gasteiger partial charge in [0.2, 0.25) is 17.8 Å². The van der Waals surface area contributed by atoms with Crippen LogP contribution in [0.25, 0.3) is 0 Å². The van der Waals surface area contributed by atoms with Crippen molar-refractivity contribution in [2.24, 2.45) is 5.92 Å². The molecule has 0 atom stereocenters. The van der Waals surface area contributed by atoms with Crippen LogP contribution in [0.15, 0.2) is 30.6 Å². The molecule has 1 aromatic heterocycles. The Morgan fingerprint density at radius 3 is 2.66 bits per heavy atom. The molecule has 1 saturated heterocycles. The molecular formula is C24H34N6O2.